The van der Waals surface area contributed by atoms with Crippen LogP contribution in [-0.4, -0.2) is 39.9 Å². The van der Waals surface area contributed by atoms with Gasteiger partial charge >= 0.3 is 5.97 Å². The minimum absolute atomic E-state index is 0.0114. The number of carbonyl (C=O) groups is 2. The topological polar surface area (TPSA) is 111 Å². The first-order chi connectivity index (χ1) is 18.0. The van der Waals surface area contributed by atoms with Crippen LogP contribution in [0.25, 0.3) is 0 Å². The smallest absolute Gasteiger partial charge is 0.303 e. The maximum absolute atomic E-state index is 12.8. The average molecular weight is 526 g/mol. The summed E-state index contributed by atoms with van der Waals surface area (Å²) < 4.78 is 0. The van der Waals surface area contributed by atoms with E-state index in [2.05, 4.69) is 42.2 Å². The molecule has 4 aliphatic carbocycles. The molecule has 210 valence electrons. The monoisotopic (exact) mass is 525 g/mol. The van der Waals surface area contributed by atoms with Crippen molar-refractivity contribution < 1.29 is 19.8 Å². The van der Waals surface area contributed by atoms with Crippen molar-refractivity contribution in [2.24, 2.45) is 56.6 Å². The fourth-order valence-electron chi connectivity index (χ4n) is 10.0. The first-order valence-electron chi connectivity index (χ1n) is 15.1. The molecule has 3 N–H and O–H groups in total. The molecule has 0 radical (unpaired) electrons. The van der Waals surface area contributed by atoms with E-state index in [1.54, 1.807) is 0 Å². The Morgan fingerprint density at radius 2 is 1.79 bits per heavy atom. The lowest BCUT2D eigenvalue weighted by molar-refractivity contribution is -0.167. The van der Waals surface area contributed by atoms with E-state index in [1.165, 1.54) is 6.42 Å². The van der Waals surface area contributed by atoms with Crippen molar-refractivity contribution in [3.8, 4) is 12.3 Å². The Hall–Kier alpha value is -1.94. The first kappa shape index (κ1) is 27.6. The molecule has 0 saturated heterocycles. The van der Waals surface area contributed by atoms with Crippen LogP contribution in [0.4, 0.5) is 0 Å². The maximum atomic E-state index is 12.8. The number of carboxylic acid groups (broad SMARTS) is 1. The van der Waals surface area contributed by atoms with Crippen LogP contribution in [0.5, 0.6) is 0 Å². The fraction of sp³-hybridized carbons (Fsp3) is 0.871. The molecule has 0 aromatic carbocycles. The highest BCUT2D eigenvalue weighted by atomic mass is 16.4. The molecule has 38 heavy (non-hydrogen) atoms. The Balaban J connectivity index is 1.22. The van der Waals surface area contributed by atoms with Crippen LogP contribution in [0.3, 0.4) is 0 Å². The second kappa shape index (κ2) is 10.2. The Morgan fingerprint density at radius 3 is 2.47 bits per heavy atom. The minimum atomic E-state index is -0.699. The van der Waals surface area contributed by atoms with Gasteiger partial charge in [-0.2, -0.15) is 10.2 Å². The van der Waals surface area contributed by atoms with E-state index in [-0.39, 0.29) is 41.7 Å². The SMILES string of the molecule is C#CCCC1(CC(=O)N[C@@H]2CC[C@@]3(C)[C@@H](C2)C[C@@H](O)[C@@H]2[C@@H]3CC[C@]3(C)[C@@H]([C@H](C)CCC(=O)O)CC[C@@H]23)N=N1. The Kier molecular flexibility index (Phi) is 7.43. The van der Waals surface area contributed by atoms with Gasteiger partial charge in [0.2, 0.25) is 11.6 Å². The van der Waals surface area contributed by atoms with E-state index >= 15 is 0 Å². The number of terminal acetylenes is 1. The zero-order valence-electron chi connectivity index (χ0n) is 23.5. The summed E-state index contributed by atoms with van der Waals surface area (Å²) in [6, 6.07) is 0.146. The second-order valence-electron chi connectivity index (χ2n) is 14.0. The molecule has 0 spiro atoms. The zero-order chi connectivity index (χ0) is 27.3. The highest BCUT2D eigenvalue weighted by Crippen LogP contribution is 2.68. The predicted molar refractivity (Wildman–Crippen MR) is 145 cm³/mol. The summed E-state index contributed by atoms with van der Waals surface area (Å²) in [5.41, 5.74) is -0.190. The molecular weight excluding hydrogens is 478 g/mol. The van der Waals surface area contributed by atoms with Gasteiger partial charge < -0.3 is 15.5 Å². The van der Waals surface area contributed by atoms with Gasteiger partial charge in [0.25, 0.3) is 0 Å². The lowest BCUT2D eigenvalue weighted by Crippen LogP contribution is -2.59. The van der Waals surface area contributed by atoms with E-state index in [9.17, 15) is 19.8 Å². The average Bonchev–Trinajstić information content (AvgIpc) is 3.53. The van der Waals surface area contributed by atoms with Crippen molar-refractivity contribution >= 4 is 11.9 Å². The molecule has 1 amide bonds. The second-order valence-corrected chi connectivity index (χ2v) is 14.0. The van der Waals surface area contributed by atoms with Crippen LogP contribution in [0, 0.1) is 58.7 Å². The maximum Gasteiger partial charge on any atom is 0.303 e. The number of aliphatic hydroxyl groups is 1. The van der Waals surface area contributed by atoms with Gasteiger partial charge in [0.05, 0.1) is 12.5 Å². The lowest BCUT2D eigenvalue weighted by Gasteiger charge is -2.62. The number of carboxylic acids is 1. The molecule has 5 aliphatic rings. The summed E-state index contributed by atoms with van der Waals surface area (Å²) in [6.45, 7) is 7.17. The number of nitrogens with zero attached hydrogens (tertiary/aromatic N) is 2. The van der Waals surface area contributed by atoms with Crippen LogP contribution in [0.15, 0.2) is 10.2 Å². The van der Waals surface area contributed by atoms with Gasteiger partial charge in [-0.25, -0.2) is 0 Å². The van der Waals surface area contributed by atoms with Crippen molar-refractivity contribution in [1.29, 1.82) is 0 Å². The van der Waals surface area contributed by atoms with E-state index in [0.29, 0.717) is 48.3 Å². The normalized spacial score (nSPS) is 43.2. The van der Waals surface area contributed by atoms with E-state index in [4.69, 9.17) is 6.42 Å². The number of carbonyl (C=O) groups excluding carboxylic acids is 1. The number of aliphatic hydroxyl groups excluding tert-OH is 1. The standard InChI is InChI=1S/C31H47N3O4/c1-5-6-13-31(33-34-31)18-26(36)32-21-11-14-29(3)20(16-21)17-25(35)28-23-9-8-22(19(2)7-10-27(37)38)30(23,4)15-12-24(28)29/h1,19-25,28,35H,6-18H2,2-4H3,(H,32,36)(H,37,38)/t19-,20+,21-,22-,23+,24+,25-,28+,29+,30-/m1/s1. The number of hydrogen-bond donors (Lipinski definition) is 3. The molecule has 4 saturated carbocycles. The molecule has 10 atom stereocenters. The van der Waals surface area contributed by atoms with E-state index in [0.717, 1.165) is 51.4 Å². The summed E-state index contributed by atoms with van der Waals surface area (Å²) in [6.07, 6.45) is 16.1. The first-order valence-corrected chi connectivity index (χ1v) is 15.1. The van der Waals surface area contributed by atoms with Crippen LogP contribution in [0.2, 0.25) is 0 Å². The van der Waals surface area contributed by atoms with Crippen LogP contribution in [-0.2, 0) is 9.59 Å². The molecule has 0 unspecified atom stereocenters. The van der Waals surface area contributed by atoms with Crippen LogP contribution in [0.1, 0.15) is 104 Å². The number of nitrogens with one attached hydrogen (secondary N) is 1. The molecular formula is C31H47N3O4. The molecule has 0 aromatic rings. The largest absolute Gasteiger partial charge is 0.481 e. The lowest BCUT2D eigenvalue weighted by atomic mass is 9.43. The van der Waals surface area contributed by atoms with Gasteiger partial charge in [0, 0.05) is 25.3 Å². The number of rotatable bonds is 9. The number of amides is 1. The zero-order valence-corrected chi connectivity index (χ0v) is 23.5. The van der Waals surface area contributed by atoms with Crippen molar-refractivity contribution in [2.75, 3.05) is 0 Å². The summed E-state index contributed by atoms with van der Waals surface area (Å²) in [5.74, 6) is 4.68. The summed E-state index contributed by atoms with van der Waals surface area (Å²) in [7, 11) is 0. The highest BCUT2D eigenvalue weighted by Gasteiger charge is 2.63. The van der Waals surface area contributed by atoms with Gasteiger partial charge in [0.1, 0.15) is 0 Å². The van der Waals surface area contributed by atoms with Gasteiger partial charge in [-0.05, 0) is 104 Å². The molecule has 1 aliphatic heterocycles. The fourth-order valence-corrected chi connectivity index (χ4v) is 10.0. The molecule has 5 rings (SSSR count). The molecule has 0 bridgehead atoms. The van der Waals surface area contributed by atoms with Gasteiger partial charge in [-0.1, -0.05) is 20.8 Å². The summed E-state index contributed by atoms with van der Waals surface area (Å²) >= 11 is 0. The highest BCUT2D eigenvalue weighted by molar-refractivity contribution is 5.77. The van der Waals surface area contributed by atoms with Crippen molar-refractivity contribution in [3.05, 3.63) is 0 Å². The van der Waals surface area contributed by atoms with Crippen molar-refractivity contribution in [2.45, 2.75) is 122 Å². The number of hydrogen-bond acceptors (Lipinski definition) is 5. The number of aliphatic carboxylic acids is 1. The Morgan fingerprint density at radius 1 is 1.08 bits per heavy atom. The van der Waals surface area contributed by atoms with Crippen molar-refractivity contribution in [3.63, 3.8) is 0 Å². The molecule has 7 nitrogen and oxygen atoms in total. The Labute approximate surface area is 228 Å². The minimum Gasteiger partial charge on any atom is -0.481 e. The third kappa shape index (κ3) is 4.91. The quantitative estimate of drug-likeness (QED) is 0.342. The van der Waals surface area contributed by atoms with Gasteiger partial charge in [-0.3, -0.25) is 9.59 Å². The molecule has 1 heterocycles. The molecule has 4 fully saturated rings. The molecule has 0 aromatic heterocycles. The number of fused-ring (bicyclic) bond motifs is 5. The summed E-state index contributed by atoms with van der Waals surface area (Å²) in [5, 5.41) is 32.3. The van der Waals surface area contributed by atoms with Crippen LogP contribution >= 0.6 is 0 Å². The molecule has 7 heteroatoms. The van der Waals surface area contributed by atoms with E-state index in [1.807, 2.05) is 0 Å². The van der Waals surface area contributed by atoms with Gasteiger partial charge in [-0.15, -0.1) is 12.3 Å². The Bertz CT molecular complexity index is 1000. The third-order valence-electron chi connectivity index (χ3n) is 12.1. The van der Waals surface area contributed by atoms with Gasteiger partial charge in [0.15, 0.2) is 0 Å². The van der Waals surface area contributed by atoms with Crippen LogP contribution < -0.4 is 5.32 Å². The predicted octanol–water partition coefficient (Wildman–Crippen LogP) is 5.57. The van der Waals surface area contributed by atoms with E-state index < -0.39 is 11.6 Å². The third-order valence-corrected chi connectivity index (χ3v) is 12.1. The van der Waals surface area contributed by atoms with Crippen molar-refractivity contribution in [1.82, 2.24) is 5.32 Å². The summed E-state index contributed by atoms with van der Waals surface area (Å²) in [4.78, 5) is 24.0.